The highest BCUT2D eigenvalue weighted by atomic mass is 16.5. The smallest absolute Gasteiger partial charge is 0.237 e. The summed E-state index contributed by atoms with van der Waals surface area (Å²) in [7, 11) is 1.62. The van der Waals surface area contributed by atoms with E-state index in [0.717, 1.165) is 17.7 Å². The van der Waals surface area contributed by atoms with Gasteiger partial charge in [0.2, 0.25) is 5.91 Å². The van der Waals surface area contributed by atoms with Crippen molar-refractivity contribution in [3.05, 3.63) is 29.8 Å². The number of nitrogens with one attached hydrogen (secondary N) is 1. The average molecular weight is 264 g/mol. The summed E-state index contributed by atoms with van der Waals surface area (Å²) in [4.78, 5) is 12.0. The van der Waals surface area contributed by atoms with Crippen LogP contribution in [0.3, 0.4) is 0 Å². The van der Waals surface area contributed by atoms with Gasteiger partial charge in [-0.25, -0.2) is 0 Å². The first-order valence-electron chi connectivity index (χ1n) is 6.70. The highest BCUT2D eigenvalue weighted by Crippen LogP contribution is 2.24. The summed E-state index contributed by atoms with van der Waals surface area (Å²) in [5.74, 6) is 0.824. The van der Waals surface area contributed by atoms with Crippen molar-refractivity contribution < 1.29 is 9.53 Å². The molecular weight excluding hydrogens is 240 g/mol. The van der Waals surface area contributed by atoms with Gasteiger partial charge in [0, 0.05) is 5.56 Å². The summed E-state index contributed by atoms with van der Waals surface area (Å²) < 4.78 is 5.29. The standard InChI is InChI=1S/C15H24N2O2/c1-5-10(2)14(16)15(18)17-11(3)12-8-6-7-9-13(12)19-4/h6-11,14H,5,16H2,1-4H3,(H,17,18)/t10-,11-,14-/m0/s1. The minimum absolute atomic E-state index is 0.118. The van der Waals surface area contributed by atoms with E-state index in [9.17, 15) is 4.79 Å². The highest BCUT2D eigenvalue weighted by molar-refractivity contribution is 5.82. The summed E-state index contributed by atoms with van der Waals surface area (Å²) in [6.45, 7) is 5.94. The number of hydrogen-bond donors (Lipinski definition) is 2. The third-order valence-corrected chi connectivity index (χ3v) is 3.52. The zero-order chi connectivity index (χ0) is 14.4. The molecule has 0 aliphatic rings. The van der Waals surface area contributed by atoms with Crippen molar-refractivity contribution in [3.8, 4) is 5.75 Å². The zero-order valence-electron chi connectivity index (χ0n) is 12.1. The van der Waals surface area contributed by atoms with E-state index in [2.05, 4.69) is 5.32 Å². The first-order valence-corrected chi connectivity index (χ1v) is 6.70. The number of carbonyl (C=O) groups is 1. The van der Waals surface area contributed by atoms with E-state index in [1.165, 1.54) is 0 Å². The number of para-hydroxylation sites is 1. The lowest BCUT2D eigenvalue weighted by molar-refractivity contribution is -0.124. The Hall–Kier alpha value is -1.55. The Morgan fingerprint density at radius 3 is 2.58 bits per heavy atom. The molecule has 0 radical (unpaired) electrons. The highest BCUT2D eigenvalue weighted by Gasteiger charge is 2.22. The van der Waals surface area contributed by atoms with Crippen molar-refractivity contribution in [3.63, 3.8) is 0 Å². The number of methoxy groups -OCH3 is 1. The fourth-order valence-electron chi connectivity index (χ4n) is 1.92. The van der Waals surface area contributed by atoms with E-state index in [1.807, 2.05) is 45.0 Å². The van der Waals surface area contributed by atoms with E-state index in [0.29, 0.717) is 0 Å². The van der Waals surface area contributed by atoms with Gasteiger partial charge in [0.25, 0.3) is 0 Å². The Balaban J connectivity index is 2.74. The van der Waals surface area contributed by atoms with Crippen LogP contribution in [0.5, 0.6) is 5.75 Å². The number of ether oxygens (including phenoxy) is 1. The molecule has 0 heterocycles. The van der Waals surface area contributed by atoms with Gasteiger partial charge in [-0.2, -0.15) is 0 Å². The van der Waals surface area contributed by atoms with Crippen LogP contribution in [-0.2, 0) is 4.79 Å². The molecule has 0 aliphatic carbocycles. The summed E-state index contributed by atoms with van der Waals surface area (Å²) in [6, 6.07) is 7.06. The third kappa shape index (κ3) is 3.96. The van der Waals surface area contributed by atoms with Crippen LogP contribution in [0.2, 0.25) is 0 Å². The predicted molar refractivity (Wildman–Crippen MR) is 77.0 cm³/mol. The zero-order valence-corrected chi connectivity index (χ0v) is 12.1. The average Bonchev–Trinajstić information content (AvgIpc) is 2.45. The van der Waals surface area contributed by atoms with Crippen molar-refractivity contribution >= 4 is 5.91 Å². The lowest BCUT2D eigenvalue weighted by atomic mass is 9.98. The lowest BCUT2D eigenvalue weighted by Gasteiger charge is -2.22. The molecule has 1 aromatic carbocycles. The van der Waals surface area contributed by atoms with Crippen LogP contribution >= 0.6 is 0 Å². The molecule has 19 heavy (non-hydrogen) atoms. The summed E-state index contributed by atoms with van der Waals surface area (Å²) in [5, 5.41) is 2.94. The summed E-state index contributed by atoms with van der Waals surface area (Å²) >= 11 is 0. The Bertz CT molecular complexity index is 420. The maximum Gasteiger partial charge on any atom is 0.237 e. The van der Waals surface area contributed by atoms with Crippen LogP contribution < -0.4 is 15.8 Å². The maximum absolute atomic E-state index is 12.0. The van der Waals surface area contributed by atoms with Crippen molar-refractivity contribution in [2.24, 2.45) is 11.7 Å². The quantitative estimate of drug-likeness (QED) is 0.828. The van der Waals surface area contributed by atoms with Gasteiger partial charge in [0.15, 0.2) is 0 Å². The molecule has 0 bridgehead atoms. The van der Waals surface area contributed by atoms with E-state index < -0.39 is 6.04 Å². The number of benzene rings is 1. The molecule has 0 saturated heterocycles. The number of rotatable bonds is 6. The molecule has 3 atom stereocenters. The van der Waals surface area contributed by atoms with Gasteiger partial charge in [-0.3, -0.25) is 4.79 Å². The Labute approximate surface area is 115 Å². The molecule has 0 unspecified atom stereocenters. The van der Waals surface area contributed by atoms with Gasteiger partial charge in [0.05, 0.1) is 19.2 Å². The monoisotopic (exact) mass is 264 g/mol. The molecule has 1 amide bonds. The first kappa shape index (κ1) is 15.5. The van der Waals surface area contributed by atoms with Gasteiger partial charge >= 0.3 is 0 Å². The van der Waals surface area contributed by atoms with Crippen molar-refractivity contribution in [1.82, 2.24) is 5.32 Å². The van der Waals surface area contributed by atoms with Crippen molar-refractivity contribution in [2.75, 3.05) is 7.11 Å². The molecule has 4 nitrogen and oxygen atoms in total. The molecule has 4 heteroatoms. The molecule has 106 valence electrons. The number of amides is 1. The molecular formula is C15H24N2O2. The number of nitrogens with two attached hydrogens (primary N) is 1. The Kier molecular flexibility index (Phi) is 5.83. The van der Waals surface area contributed by atoms with Crippen molar-refractivity contribution in [1.29, 1.82) is 0 Å². The second-order valence-electron chi connectivity index (χ2n) is 4.88. The molecule has 1 aromatic rings. The second kappa shape index (κ2) is 7.14. The summed E-state index contributed by atoms with van der Waals surface area (Å²) in [5.41, 5.74) is 6.88. The minimum Gasteiger partial charge on any atom is -0.496 e. The number of carbonyl (C=O) groups excluding carboxylic acids is 1. The molecule has 0 fully saturated rings. The van der Waals surface area contributed by atoms with Crippen LogP contribution in [0.4, 0.5) is 0 Å². The van der Waals surface area contributed by atoms with Gasteiger partial charge in [-0.05, 0) is 18.9 Å². The van der Waals surface area contributed by atoms with Gasteiger partial charge in [-0.1, -0.05) is 38.5 Å². The molecule has 0 aromatic heterocycles. The van der Waals surface area contributed by atoms with Gasteiger partial charge in [-0.15, -0.1) is 0 Å². The van der Waals surface area contributed by atoms with Crippen LogP contribution in [0, 0.1) is 5.92 Å². The first-order chi connectivity index (χ1) is 9.01. The lowest BCUT2D eigenvalue weighted by Crippen LogP contribution is -2.45. The maximum atomic E-state index is 12.0. The van der Waals surface area contributed by atoms with E-state index >= 15 is 0 Å². The SMILES string of the molecule is CC[C@H](C)[C@H](N)C(=O)N[C@@H](C)c1ccccc1OC. The Morgan fingerprint density at radius 2 is 2.00 bits per heavy atom. The van der Waals surface area contributed by atoms with E-state index in [1.54, 1.807) is 7.11 Å². The Morgan fingerprint density at radius 1 is 1.37 bits per heavy atom. The molecule has 0 saturated carbocycles. The van der Waals surface area contributed by atoms with Crippen LogP contribution in [-0.4, -0.2) is 19.1 Å². The normalized spacial score (nSPS) is 15.4. The number of hydrogen-bond acceptors (Lipinski definition) is 3. The topological polar surface area (TPSA) is 64.4 Å². The fourth-order valence-corrected chi connectivity index (χ4v) is 1.92. The van der Waals surface area contributed by atoms with Gasteiger partial charge < -0.3 is 15.8 Å². The molecule has 3 N–H and O–H groups in total. The molecule has 0 aliphatic heterocycles. The van der Waals surface area contributed by atoms with E-state index in [4.69, 9.17) is 10.5 Å². The third-order valence-electron chi connectivity index (χ3n) is 3.52. The fraction of sp³-hybridized carbons (Fsp3) is 0.533. The van der Waals surface area contributed by atoms with Crippen LogP contribution in [0.25, 0.3) is 0 Å². The molecule has 1 rings (SSSR count). The van der Waals surface area contributed by atoms with Crippen LogP contribution in [0.1, 0.15) is 38.8 Å². The molecule has 0 spiro atoms. The predicted octanol–water partition coefficient (Wildman–Crippen LogP) is 2.25. The van der Waals surface area contributed by atoms with Gasteiger partial charge in [0.1, 0.15) is 5.75 Å². The minimum atomic E-state index is -0.470. The van der Waals surface area contributed by atoms with Crippen molar-refractivity contribution in [2.45, 2.75) is 39.3 Å². The second-order valence-corrected chi connectivity index (χ2v) is 4.88. The largest absolute Gasteiger partial charge is 0.496 e. The van der Waals surface area contributed by atoms with E-state index in [-0.39, 0.29) is 17.9 Å². The van der Waals surface area contributed by atoms with Crippen LogP contribution in [0.15, 0.2) is 24.3 Å². The summed E-state index contributed by atoms with van der Waals surface area (Å²) in [6.07, 6.45) is 0.887.